The highest BCUT2D eigenvalue weighted by molar-refractivity contribution is 9.10. The highest BCUT2D eigenvalue weighted by Gasteiger charge is 2.26. The number of hydrogen-bond acceptors (Lipinski definition) is 3. The van der Waals surface area contributed by atoms with Gasteiger partial charge < -0.3 is 16.0 Å². The number of rotatable bonds is 4. The number of hydrogen-bond donors (Lipinski definition) is 2. The topological polar surface area (TPSA) is 58.4 Å². The summed E-state index contributed by atoms with van der Waals surface area (Å²) in [4.78, 5) is 14.3. The van der Waals surface area contributed by atoms with Crippen LogP contribution < -0.4 is 16.0 Å². The molecule has 5 heteroatoms. The Balaban J connectivity index is 1.89. The molecule has 110 valence electrons. The van der Waals surface area contributed by atoms with Crippen LogP contribution in [0.15, 0.2) is 28.7 Å². The van der Waals surface area contributed by atoms with Gasteiger partial charge in [-0.25, -0.2) is 0 Å². The molecule has 1 amide bonds. The first-order chi connectivity index (χ1) is 9.47. The predicted octanol–water partition coefficient (Wildman–Crippen LogP) is 2.13. The summed E-state index contributed by atoms with van der Waals surface area (Å²) in [5.74, 6) is 0.127. The summed E-state index contributed by atoms with van der Waals surface area (Å²) in [5, 5.41) is 3.06. The molecule has 0 bridgehead atoms. The summed E-state index contributed by atoms with van der Waals surface area (Å²) in [7, 11) is 0. The van der Waals surface area contributed by atoms with E-state index in [9.17, 15) is 4.79 Å². The molecule has 1 saturated heterocycles. The lowest BCUT2D eigenvalue weighted by molar-refractivity contribution is -0.123. The van der Waals surface area contributed by atoms with Gasteiger partial charge in [0.1, 0.15) is 0 Å². The van der Waals surface area contributed by atoms with E-state index in [1.165, 1.54) is 5.69 Å². The molecule has 0 aromatic heterocycles. The van der Waals surface area contributed by atoms with Crippen molar-refractivity contribution in [2.75, 3.05) is 18.0 Å². The van der Waals surface area contributed by atoms with Crippen molar-refractivity contribution in [3.8, 4) is 0 Å². The summed E-state index contributed by atoms with van der Waals surface area (Å²) in [6.07, 6.45) is 0.965. The van der Waals surface area contributed by atoms with Crippen molar-refractivity contribution in [2.45, 2.75) is 32.4 Å². The Morgan fingerprint density at radius 2 is 2.05 bits per heavy atom. The zero-order valence-electron chi connectivity index (χ0n) is 12.0. The van der Waals surface area contributed by atoms with E-state index in [0.717, 1.165) is 24.0 Å². The van der Waals surface area contributed by atoms with E-state index in [1.54, 1.807) is 0 Å². The summed E-state index contributed by atoms with van der Waals surface area (Å²) in [6, 6.07) is 8.03. The largest absolute Gasteiger partial charge is 0.369 e. The molecule has 1 aliphatic rings. The maximum absolute atomic E-state index is 12.0. The van der Waals surface area contributed by atoms with E-state index < -0.39 is 6.04 Å². The summed E-state index contributed by atoms with van der Waals surface area (Å²) < 4.78 is 1.08. The molecule has 4 nitrogen and oxygen atoms in total. The van der Waals surface area contributed by atoms with Crippen LogP contribution >= 0.6 is 15.9 Å². The molecular formula is C15H22BrN3O. The molecule has 2 rings (SSSR count). The van der Waals surface area contributed by atoms with E-state index in [4.69, 9.17) is 5.73 Å². The lowest BCUT2D eigenvalue weighted by Gasteiger charge is -2.21. The number of nitrogens with one attached hydrogen (secondary N) is 1. The number of amides is 1. The van der Waals surface area contributed by atoms with Crippen LogP contribution in [0.5, 0.6) is 0 Å². The van der Waals surface area contributed by atoms with Gasteiger partial charge in [-0.3, -0.25) is 4.79 Å². The Morgan fingerprint density at radius 1 is 1.40 bits per heavy atom. The van der Waals surface area contributed by atoms with Gasteiger partial charge in [0.05, 0.1) is 6.04 Å². The predicted molar refractivity (Wildman–Crippen MR) is 85.7 cm³/mol. The fourth-order valence-corrected chi connectivity index (χ4v) is 2.63. The molecule has 0 aliphatic carbocycles. The van der Waals surface area contributed by atoms with Crippen LogP contribution in [0, 0.1) is 5.92 Å². The van der Waals surface area contributed by atoms with Crippen molar-refractivity contribution in [1.29, 1.82) is 0 Å². The highest BCUT2D eigenvalue weighted by Crippen LogP contribution is 2.22. The molecule has 2 atom stereocenters. The van der Waals surface area contributed by atoms with Crippen molar-refractivity contribution in [3.05, 3.63) is 28.7 Å². The zero-order chi connectivity index (χ0) is 14.7. The van der Waals surface area contributed by atoms with Gasteiger partial charge in [-0.1, -0.05) is 29.8 Å². The van der Waals surface area contributed by atoms with Gasteiger partial charge in [-0.05, 0) is 36.6 Å². The van der Waals surface area contributed by atoms with Crippen molar-refractivity contribution in [1.82, 2.24) is 5.32 Å². The molecular weight excluding hydrogens is 318 g/mol. The smallest absolute Gasteiger partial charge is 0.237 e. The number of carbonyl (C=O) groups excluding carboxylic acids is 1. The number of benzene rings is 1. The van der Waals surface area contributed by atoms with Crippen LogP contribution in [0.1, 0.15) is 20.3 Å². The maximum Gasteiger partial charge on any atom is 0.237 e. The van der Waals surface area contributed by atoms with Crippen molar-refractivity contribution in [2.24, 2.45) is 11.7 Å². The molecule has 1 aliphatic heterocycles. The Hall–Kier alpha value is -1.07. The van der Waals surface area contributed by atoms with E-state index in [0.29, 0.717) is 0 Å². The summed E-state index contributed by atoms with van der Waals surface area (Å²) in [6.45, 7) is 5.74. The Bertz CT molecular complexity index is 461. The summed E-state index contributed by atoms with van der Waals surface area (Å²) >= 11 is 3.44. The number of carbonyl (C=O) groups is 1. The third kappa shape index (κ3) is 3.73. The third-order valence-electron chi connectivity index (χ3n) is 3.75. The van der Waals surface area contributed by atoms with E-state index in [-0.39, 0.29) is 17.9 Å². The fraction of sp³-hybridized carbons (Fsp3) is 0.533. The molecule has 1 fully saturated rings. The Morgan fingerprint density at radius 3 is 2.65 bits per heavy atom. The molecule has 1 heterocycles. The second-order valence-electron chi connectivity index (χ2n) is 5.69. The minimum atomic E-state index is -0.420. The van der Waals surface area contributed by atoms with Gasteiger partial charge in [-0.2, -0.15) is 0 Å². The van der Waals surface area contributed by atoms with Gasteiger partial charge in [-0.15, -0.1) is 0 Å². The van der Waals surface area contributed by atoms with Crippen molar-refractivity contribution < 1.29 is 4.79 Å². The van der Waals surface area contributed by atoms with Gasteiger partial charge in [0.25, 0.3) is 0 Å². The zero-order valence-corrected chi connectivity index (χ0v) is 13.6. The minimum absolute atomic E-state index is 0.0392. The molecule has 1 unspecified atom stereocenters. The monoisotopic (exact) mass is 339 g/mol. The van der Waals surface area contributed by atoms with E-state index in [1.807, 2.05) is 26.0 Å². The second kappa shape index (κ2) is 6.59. The minimum Gasteiger partial charge on any atom is -0.369 e. The van der Waals surface area contributed by atoms with Gasteiger partial charge in [0.2, 0.25) is 5.91 Å². The third-order valence-corrected chi connectivity index (χ3v) is 4.28. The van der Waals surface area contributed by atoms with Crippen molar-refractivity contribution >= 4 is 27.5 Å². The normalized spacial score (nSPS) is 20.2. The lowest BCUT2D eigenvalue weighted by atomic mass is 10.0. The fourth-order valence-electron chi connectivity index (χ4n) is 2.36. The molecule has 0 spiro atoms. The lowest BCUT2D eigenvalue weighted by Crippen LogP contribution is -2.48. The summed E-state index contributed by atoms with van der Waals surface area (Å²) in [5.41, 5.74) is 7.06. The molecule has 0 radical (unpaired) electrons. The van der Waals surface area contributed by atoms with Crippen LogP contribution in [0.25, 0.3) is 0 Å². The number of nitrogens with zero attached hydrogens (tertiary/aromatic N) is 1. The van der Waals surface area contributed by atoms with Crippen LogP contribution in [-0.2, 0) is 4.79 Å². The van der Waals surface area contributed by atoms with Crippen LogP contribution in [0.2, 0.25) is 0 Å². The molecule has 1 aromatic rings. The van der Waals surface area contributed by atoms with Gasteiger partial charge in [0.15, 0.2) is 0 Å². The Kier molecular flexibility index (Phi) is 5.05. The molecule has 0 saturated carbocycles. The standard InChI is InChI=1S/C15H22BrN3O/c1-10(2)14(17)15(20)18-12-7-8-19(9-12)13-5-3-11(16)4-6-13/h3-6,10,12,14H,7-9,17H2,1-2H3,(H,18,20)/t12?,14-/m0/s1. The van der Waals surface area contributed by atoms with E-state index >= 15 is 0 Å². The van der Waals surface area contributed by atoms with Gasteiger partial charge in [0, 0.05) is 29.3 Å². The number of anilines is 1. The highest BCUT2D eigenvalue weighted by atomic mass is 79.9. The van der Waals surface area contributed by atoms with Gasteiger partial charge >= 0.3 is 0 Å². The van der Waals surface area contributed by atoms with Crippen LogP contribution in [0.3, 0.4) is 0 Å². The Labute approximate surface area is 128 Å². The first-order valence-corrected chi connectivity index (χ1v) is 7.83. The number of nitrogens with two attached hydrogens (primary N) is 1. The molecule has 3 N–H and O–H groups in total. The van der Waals surface area contributed by atoms with Crippen LogP contribution in [0.4, 0.5) is 5.69 Å². The average molecular weight is 340 g/mol. The average Bonchev–Trinajstić information content (AvgIpc) is 2.87. The first-order valence-electron chi connectivity index (χ1n) is 7.04. The first kappa shape index (κ1) is 15.3. The molecule has 1 aromatic carbocycles. The number of halogens is 1. The van der Waals surface area contributed by atoms with Crippen molar-refractivity contribution in [3.63, 3.8) is 0 Å². The van der Waals surface area contributed by atoms with Crippen LogP contribution in [-0.4, -0.2) is 31.1 Å². The van der Waals surface area contributed by atoms with E-state index in [2.05, 4.69) is 38.3 Å². The molecule has 20 heavy (non-hydrogen) atoms. The SMILES string of the molecule is CC(C)[C@H](N)C(=O)NC1CCN(c2ccc(Br)cc2)C1. The quantitative estimate of drug-likeness (QED) is 0.883. The maximum atomic E-state index is 12.0. The second-order valence-corrected chi connectivity index (χ2v) is 6.60.